The van der Waals surface area contributed by atoms with E-state index in [0.29, 0.717) is 6.42 Å². The SMILES string of the molecule is O=C(O)c1cncc(NCCCCC(F)(F)F)n1. The zero-order valence-corrected chi connectivity index (χ0v) is 9.37. The van der Waals surface area contributed by atoms with Gasteiger partial charge in [0.15, 0.2) is 5.69 Å². The van der Waals surface area contributed by atoms with Gasteiger partial charge < -0.3 is 10.4 Å². The van der Waals surface area contributed by atoms with Gasteiger partial charge in [0.25, 0.3) is 0 Å². The number of carbonyl (C=O) groups is 1. The topological polar surface area (TPSA) is 75.1 Å². The second kappa shape index (κ2) is 6.18. The quantitative estimate of drug-likeness (QED) is 0.770. The molecule has 0 aliphatic heterocycles. The summed E-state index contributed by atoms with van der Waals surface area (Å²) in [5, 5.41) is 11.4. The van der Waals surface area contributed by atoms with Crippen molar-refractivity contribution in [1.29, 1.82) is 0 Å². The minimum Gasteiger partial charge on any atom is -0.476 e. The van der Waals surface area contributed by atoms with E-state index in [1.54, 1.807) is 0 Å². The summed E-state index contributed by atoms with van der Waals surface area (Å²) in [4.78, 5) is 18.0. The number of hydrogen-bond donors (Lipinski definition) is 2. The van der Waals surface area contributed by atoms with Gasteiger partial charge in [0.1, 0.15) is 5.82 Å². The molecule has 0 aliphatic rings. The Kier molecular flexibility index (Phi) is 4.87. The van der Waals surface area contributed by atoms with Crippen LogP contribution in [0.1, 0.15) is 29.8 Å². The van der Waals surface area contributed by atoms with Crippen molar-refractivity contribution in [1.82, 2.24) is 9.97 Å². The fourth-order valence-electron chi connectivity index (χ4n) is 1.22. The van der Waals surface area contributed by atoms with Crippen LogP contribution >= 0.6 is 0 Å². The Bertz CT molecular complexity index is 410. The lowest BCUT2D eigenvalue weighted by atomic mass is 10.2. The minimum atomic E-state index is -4.14. The molecule has 0 spiro atoms. The minimum absolute atomic E-state index is 0.0164. The van der Waals surface area contributed by atoms with Gasteiger partial charge in [-0.05, 0) is 12.8 Å². The molecule has 0 atom stereocenters. The van der Waals surface area contributed by atoms with Crippen LogP contribution in [-0.4, -0.2) is 33.8 Å². The summed E-state index contributed by atoms with van der Waals surface area (Å²) in [6, 6.07) is 0. The molecule has 100 valence electrons. The number of alkyl halides is 3. The van der Waals surface area contributed by atoms with Gasteiger partial charge in [-0.3, -0.25) is 4.98 Å². The zero-order chi connectivity index (χ0) is 13.6. The van der Waals surface area contributed by atoms with E-state index >= 15 is 0 Å². The van der Waals surface area contributed by atoms with E-state index in [0.717, 1.165) is 6.20 Å². The molecule has 18 heavy (non-hydrogen) atoms. The zero-order valence-electron chi connectivity index (χ0n) is 9.37. The molecule has 2 N–H and O–H groups in total. The molecular weight excluding hydrogens is 251 g/mol. The van der Waals surface area contributed by atoms with E-state index in [1.807, 2.05) is 0 Å². The summed E-state index contributed by atoms with van der Waals surface area (Å²) in [7, 11) is 0. The first kappa shape index (κ1) is 14.2. The van der Waals surface area contributed by atoms with E-state index in [4.69, 9.17) is 5.11 Å². The van der Waals surface area contributed by atoms with Gasteiger partial charge in [-0.2, -0.15) is 13.2 Å². The first-order valence-corrected chi connectivity index (χ1v) is 5.24. The molecule has 1 heterocycles. The van der Waals surface area contributed by atoms with E-state index < -0.39 is 18.6 Å². The number of carboxylic acids is 1. The van der Waals surface area contributed by atoms with Gasteiger partial charge >= 0.3 is 12.1 Å². The standard InChI is InChI=1S/C10H12F3N3O2/c11-10(12,13)3-1-2-4-15-8-6-14-5-7(16-8)9(17)18/h5-6H,1-4H2,(H,15,16)(H,17,18). The lowest BCUT2D eigenvalue weighted by Gasteiger charge is -2.07. The molecule has 8 heteroatoms. The number of rotatable bonds is 6. The number of anilines is 1. The van der Waals surface area contributed by atoms with E-state index in [1.165, 1.54) is 6.20 Å². The Morgan fingerprint density at radius 3 is 2.67 bits per heavy atom. The summed E-state index contributed by atoms with van der Waals surface area (Å²) in [6.45, 7) is 0.286. The summed E-state index contributed by atoms with van der Waals surface area (Å²) >= 11 is 0. The van der Waals surface area contributed by atoms with Crippen molar-refractivity contribution in [3.63, 3.8) is 0 Å². The number of nitrogens with one attached hydrogen (secondary N) is 1. The van der Waals surface area contributed by atoms with Crippen LogP contribution in [0.5, 0.6) is 0 Å². The summed E-state index contributed by atoms with van der Waals surface area (Å²) in [5.41, 5.74) is -0.213. The number of aromatic carboxylic acids is 1. The normalized spacial score (nSPS) is 11.3. The van der Waals surface area contributed by atoms with Crippen LogP contribution in [0.25, 0.3) is 0 Å². The predicted octanol–water partition coefficient (Wildman–Crippen LogP) is 2.32. The van der Waals surface area contributed by atoms with Crippen molar-refractivity contribution in [2.24, 2.45) is 0 Å². The van der Waals surface area contributed by atoms with Crippen LogP contribution in [0.2, 0.25) is 0 Å². The van der Waals surface area contributed by atoms with E-state index in [2.05, 4.69) is 15.3 Å². The molecule has 0 aliphatic carbocycles. The van der Waals surface area contributed by atoms with Crippen LogP contribution in [0.3, 0.4) is 0 Å². The first-order valence-electron chi connectivity index (χ1n) is 5.24. The van der Waals surface area contributed by atoms with Crippen molar-refractivity contribution in [3.8, 4) is 0 Å². The molecular formula is C10H12F3N3O2. The predicted molar refractivity (Wildman–Crippen MR) is 57.4 cm³/mol. The van der Waals surface area contributed by atoms with Gasteiger partial charge in [0.2, 0.25) is 0 Å². The lowest BCUT2D eigenvalue weighted by Crippen LogP contribution is -2.10. The number of hydrogen-bond acceptors (Lipinski definition) is 4. The second-order valence-corrected chi connectivity index (χ2v) is 3.59. The fourth-order valence-corrected chi connectivity index (χ4v) is 1.22. The van der Waals surface area contributed by atoms with Crippen LogP contribution in [0.15, 0.2) is 12.4 Å². The monoisotopic (exact) mass is 263 g/mol. The van der Waals surface area contributed by atoms with Gasteiger partial charge in [-0.15, -0.1) is 0 Å². The van der Waals surface area contributed by atoms with Gasteiger partial charge in [-0.25, -0.2) is 9.78 Å². The molecule has 1 rings (SSSR count). The molecule has 0 radical (unpaired) electrons. The van der Waals surface area contributed by atoms with Crippen LogP contribution in [0, 0.1) is 0 Å². The molecule has 0 saturated carbocycles. The van der Waals surface area contributed by atoms with Gasteiger partial charge in [0.05, 0.1) is 12.4 Å². The number of nitrogens with zero attached hydrogens (tertiary/aromatic N) is 2. The molecule has 0 aromatic carbocycles. The Labute approximate surface area is 101 Å². The van der Waals surface area contributed by atoms with Crippen molar-refractivity contribution < 1.29 is 23.1 Å². The maximum absolute atomic E-state index is 11.8. The summed E-state index contributed by atoms with van der Waals surface area (Å²) in [6.07, 6.45) is -2.22. The third kappa shape index (κ3) is 5.46. The Hall–Kier alpha value is -1.86. The number of halogens is 3. The largest absolute Gasteiger partial charge is 0.476 e. The highest BCUT2D eigenvalue weighted by Crippen LogP contribution is 2.22. The van der Waals surface area contributed by atoms with E-state index in [9.17, 15) is 18.0 Å². The lowest BCUT2D eigenvalue weighted by molar-refractivity contribution is -0.135. The summed E-state index contributed by atoms with van der Waals surface area (Å²) in [5.74, 6) is -0.967. The Morgan fingerprint density at radius 2 is 2.06 bits per heavy atom. The van der Waals surface area contributed by atoms with Crippen molar-refractivity contribution >= 4 is 11.8 Å². The maximum atomic E-state index is 11.8. The highest BCUT2D eigenvalue weighted by Gasteiger charge is 2.25. The molecule has 0 amide bonds. The molecule has 1 aromatic rings. The van der Waals surface area contributed by atoms with Crippen molar-refractivity contribution in [3.05, 3.63) is 18.1 Å². The smallest absolute Gasteiger partial charge is 0.389 e. The molecule has 0 saturated heterocycles. The summed E-state index contributed by atoms with van der Waals surface area (Å²) < 4.78 is 35.5. The number of carboxylic acid groups (broad SMARTS) is 1. The van der Waals surface area contributed by atoms with Crippen molar-refractivity contribution in [2.75, 3.05) is 11.9 Å². The molecule has 0 unspecified atom stereocenters. The highest BCUT2D eigenvalue weighted by atomic mass is 19.4. The number of aromatic nitrogens is 2. The maximum Gasteiger partial charge on any atom is 0.389 e. The highest BCUT2D eigenvalue weighted by molar-refractivity contribution is 5.85. The van der Waals surface area contributed by atoms with Crippen LogP contribution in [-0.2, 0) is 0 Å². The van der Waals surface area contributed by atoms with Gasteiger partial charge in [-0.1, -0.05) is 0 Å². The molecule has 0 fully saturated rings. The first-order chi connectivity index (χ1) is 8.38. The average Bonchev–Trinajstić information content (AvgIpc) is 2.27. The fraction of sp³-hybridized carbons (Fsp3) is 0.500. The number of unbranched alkanes of at least 4 members (excludes halogenated alkanes) is 1. The molecule has 1 aromatic heterocycles. The third-order valence-electron chi connectivity index (χ3n) is 2.05. The second-order valence-electron chi connectivity index (χ2n) is 3.59. The molecule has 0 bridgehead atoms. The Balaban J connectivity index is 2.31. The van der Waals surface area contributed by atoms with Crippen molar-refractivity contribution in [2.45, 2.75) is 25.4 Å². The van der Waals surface area contributed by atoms with Crippen LogP contribution in [0.4, 0.5) is 19.0 Å². The Morgan fingerprint density at radius 1 is 1.33 bits per heavy atom. The van der Waals surface area contributed by atoms with E-state index in [-0.39, 0.29) is 24.5 Å². The molecule has 5 nitrogen and oxygen atoms in total. The van der Waals surface area contributed by atoms with Crippen LogP contribution < -0.4 is 5.32 Å². The third-order valence-corrected chi connectivity index (χ3v) is 2.05. The average molecular weight is 263 g/mol. The van der Waals surface area contributed by atoms with Gasteiger partial charge in [0, 0.05) is 13.0 Å².